The van der Waals surface area contributed by atoms with Gasteiger partial charge in [-0.1, -0.05) is 66.2 Å². The molecule has 0 saturated heterocycles. The Morgan fingerprint density at radius 3 is 2.24 bits per heavy atom. The molecule has 190 valence electrons. The van der Waals surface area contributed by atoms with E-state index in [0.29, 0.717) is 29.5 Å². The average molecular weight is 523 g/mol. The smallest absolute Gasteiger partial charge is 0.313 e. The first kappa shape index (κ1) is 25.3. The summed E-state index contributed by atoms with van der Waals surface area (Å²) in [6.07, 6.45) is 2.39. The fourth-order valence-electron chi connectivity index (χ4n) is 4.47. The molecule has 0 amide bonds. The van der Waals surface area contributed by atoms with Crippen LogP contribution in [0.5, 0.6) is 0 Å². The number of nitrogens with zero attached hydrogens (tertiary/aromatic N) is 2. The SMILES string of the molecule is COC(=O)Cc1oc(-c2ccc(Cl)cc2)c(N(Cc2ccccn2)c2ccccc2)c1Cc1ccccc1. The summed E-state index contributed by atoms with van der Waals surface area (Å²) in [5.41, 5.74) is 5.65. The number of benzene rings is 3. The van der Waals surface area contributed by atoms with Crippen molar-refractivity contribution in [3.63, 3.8) is 0 Å². The molecule has 2 aromatic heterocycles. The maximum absolute atomic E-state index is 12.5. The molecule has 0 bridgehead atoms. The predicted octanol–water partition coefficient (Wildman–Crippen LogP) is 7.64. The molecule has 5 aromatic rings. The monoisotopic (exact) mass is 522 g/mol. The number of carbonyl (C=O) groups is 1. The van der Waals surface area contributed by atoms with Crippen LogP contribution in [0.25, 0.3) is 11.3 Å². The van der Waals surface area contributed by atoms with Crippen LogP contribution in [0.4, 0.5) is 11.4 Å². The van der Waals surface area contributed by atoms with Gasteiger partial charge in [-0.3, -0.25) is 9.78 Å². The summed E-state index contributed by atoms with van der Waals surface area (Å²) in [6, 6.07) is 33.7. The van der Waals surface area contributed by atoms with E-state index in [1.54, 1.807) is 6.20 Å². The molecule has 0 aliphatic rings. The Kier molecular flexibility index (Phi) is 7.86. The molecular formula is C32H27ClN2O3. The van der Waals surface area contributed by atoms with Crippen molar-refractivity contribution >= 4 is 28.9 Å². The Balaban J connectivity index is 1.76. The first-order valence-electron chi connectivity index (χ1n) is 12.4. The minimum atomic E-state index is -0.363. The Labute approximate surface area is 227 Å². The number of rotatable bonds is 9. The number of hydrogen-bond acceptors (Lipinski definition) is 5. The first-order chi connectivity index (χ1) is 18.6. The van der Waals surface area contributed by atoms with Gasteiger partial charge in [0.2, 0.25) is 0 Å². The molecule has 0 aliphatic carbocycles. The number of hydrogen-bond donors (Lipinski definition) is 0. The zero-order valence-electron chi connectivity index (χ0n) is 21.0. The molecule has 0 unspecified atom stereocenters. The lowest BCUT2D eigenvalue weighted by Gasteiger charge is -2.26. The van der Waals surface area contributed by atoms with Gasteiger partial charge in [0.1, 0.15) is 12.2 Å². The Morgan fingerprint density at radius 1 is 0.895 bits per heavy atom. The number of pyridine rings is 1. The molecule has 0 atom stereocenters. The van der Waals surface area contributed by atoms with Crippen molar-refractivity contribution in [3.05, 3.63) is 137 Å². The van der Waals surface area contributed by atoms with Gasteiger partial charge >= 0.3 is 5.97 Å². The summed E-state index contributed by atoms with van der Waals surface area (Å²) in [5, 5.41) is 0.634. The third-order valence-corrected chi connectivity index (χ3v) is 6.56. The molecule has 5 rings (SSSR count). The minimum Gasteiger partial charge on any atom is -0.469 e. The largest absolute Gasteiger partial charge is 0.469 e. The number of methoxy groups -OCH3 is 1. The van der Waals surface area contributed by atoms with Gasteiger partial charge in [-0.25, -0.2) is 0 Å². The second kappa shape index (κ2) is 11.8. The third kappa shape index (κ3) is 5.79. The third-order valence-electron chi connectivity index (χ3n) is 6.31. The van der Waals surface area contributed by atoms with E-state index in [4.69, 9.17) is 20.8 Å². The molecule has 2 heterocycles. The number of halogens is 1. The van der Waals surface area contributed by atoms with E-state index >= 15 is 0 Å². The summed E-state index contributed by atoms with van der Waals surface area (Å²) in [5.74, 6) is 0.868. The lowest BCUT2D eigenvalue weighted by atomic mass is 9.99. The molecule has 0 aliphatic heterocycles. The predicted molar refractivity (Wildman–Crippen MR) is 151 cm³/mol. The van der Waals surface area contributed by atoms with Crippen LogP contribution < -0.4 is 4.90 Å². The average Bonchev–Trinajstić information content (AvgIpc) is 3.30. The van der Waals surface area contributed by atoms with Crippen molar-refractivity contribution in [1.82, 2.24) is 4.98 Å². The fourth-order valence-corrected chi connectivity index (χ4v) is 4.60. The summed E-state index contributed by atoms with van der Waals surface area (Å²) < 4.78 is 11.6. The molecule has 5 nitrogen and oxygen atoms in total. The molecule has 3 aromatic carbocycles. The molecular weight excluding hydrogens is 496 g/mol. The number of esters is 1. The van der Waals surface area contributed by atoms with Crippen LogP contribution in [0.2, 0.25) is 5.02 Å². The quantitative estimate of drug-likeness (QED) is 0.186. The Bertz CT molecular complexity index is 1490. The highest BCUT2D eigenvalue weighted by Gasteiger charge is 2.28. The Hall–Kier alpha value is -4.35. The van der Waals surface area contributed by atoms with Crippen molar-refractivity contribution in [3.8, 4) is 11.3 Å². The zero-order chi connectivity index (χ0) is 26.3. The van der Waals surface area contributed by atoms with Crippen LogP contribution in [0.15, 0.2) is 114 Å². The highest BCUT2D eigenvalue weighted by molar-refractivity contribution is 6.30. The molecule has 0 N–H and O–H groups in total. The molecule has 0 saturated carbocycles. The van der Waals surface area contributed by atoms with E-state index in [2.05, 4.69) is 34.1 Å². The van der Waals surface area contributed by atoms with Gasteiger partial charge in [-0.15, -0.1) is 0 Å². The van der Waals surface area contributed by atoms with Gasteiger partial charge in [0.15, 0.2) is 5.76 Å². The zero-order valence-corrected chi connectivity index (χ0v) is 21.8. The van der Waals surface area contributed by atoms with Gasteiger partial charge in [0.25, 0.3) is 0 Å². The highest BCUT2D eigenvalue weighted by Crippen LogP contribution is 2.44. The van der Waals surface area contributed by atoms with Gasteiger partial charge in [0, 0.05) is 34.5 Å². The van der Waals surface area contributed by atoms with Crippen LogP contribution in [-0.2, 0) is 28.9 Å². The van der Waals surface area contributed by atoms with Crippen molar-refractivity contribution in [2.24, 2.45) is 0 Å². The number of carbonyl (C=O) groups excluding carboxylic acids is 1. The van der Waals surface area contributed by atoms with Crippen molar-refractivity contribution in [1.29, 1.82) is 0 Å². The fraction of sp³-hybridized carbons (Fsp3) is 0.125. The van der Waals surface area contributed by atoms with Gasteiger partial charge in [0.05, 0.1) is 25.0 Å². The van der Waals surface area contributed by atoms with Crippen LogP contribution >= 0.6 is 11.6 Å². The molecule has 0 spiro atoms. The number of anilines is 2. The molecule has 38 heavy (non-hydrogen) atoms. The Morgan fingerprint density at radius 2 is 1.58 bits per heavy atom. The molecule has 0 radical (unpaired) electrons. The lowest BCUT2D eigenvalue weighted by Crippen LogP contribution is -2.19. The number of ether oxygens (including phenoxy) is 1. The second-order valence-corrected chi connectivity index (χ2v) is 9.28. The second-order valence-electron chi connectivity index (χ2n) is 8.85. The van der Waals surface area contributed by atoms with E-state index in [9.17, 15) is 4.79 Å². The van der Waals surface area contributed by atoms with Gasteiger partial charge in [-0.05, 0) is 54.1 Å². The topological polar surface area (TPSA) is 55.6 Å². The van der Waals surface area contributed by atoms with Gasteiger partial charge < -0.3 is 14.1 Å². The standard InChI is InChI=1S/C32H27ClN2O3/c1-37-30(36)21-29-28(20-23-10-4-2-5-11-23)31(32(38-29)24-15-17-25(33)18-16-24)35(27-13-6-3-7-14-27)22-26-12-8-9-19-34-26/h2-19H,20-22H2,1H3. The molecule has 6 heteroatoms. The van der Waals surface area contributed by atoms with Crippen molar-refractivity contribution < 1.29 is 13.9 Å². The first-order valence-corrected chi connectivity index (χ1v) is 12.7. The van der Waals surface area contributed by atoms with Crippen molar-refractivity contribution in [2.45, 2.75) is 19.4 Å². The maximum atomic E-state index is 12.5. The summed E-state index contributed by atoms with van der Waals surface area (Å²) in [7, 11) is 1.39. The summed E-state index contributed by atoms with van der Waals surface area (Å²) in [4.78, 5) is 19.3. The van der Waals surface area contributed by atoms with Crippen LogP contribution in [0, 0.1) is 0 Å². The number of furan rings is 1. The van der Waals surface area contributed by atoms with Crippen LogP contribution in [0.3, 0.4) is 0 Å². The van der Waals surface area contributed by atoms with E-state index in [-0.39, 0.29) is 12.4 Å². The normalized spacial score (nSPS) is 10.8. The van der Waals surface area contributed by atoms with E-state index in [1.165, 1.54) is 7.11 Å². The summed E-state index contributed by atoms with van der Waals surface area (Å²) in [6.45, 7) is 0.504. The maximum Gasteiger partial charge on any atom is 0.313 e. The number of para-hydroxylation sites is 1. The van der Waals surface area contributed by atoms with Gasteiger partial charge in [-0.2, -0.15) is 0 Å². The highest BCUT2D eigenvalue weighted by atomic mass is 35.5. The minimum absolute atomic E-state index is 0.0193. The molecule has 0 fully saturated rings. The lowest BCUT2D eigenvalue weighted by molar-refractivity contribution is -0.140. The van der Waals surface area contributed by atoms with E-state index in [1.807, 2.05) is 78.9 Å². The van der Waals surface area contributed by atoms with E-state index in [0.717, 1.165) is 33.8 Å². The van der Waals surface area contributed by atoms with Crippen LogP contribution in [0.1, 0.15) is 22.6 Å². The van der Waals surface area contributed by atoms with E-state index < -0.39 is 0 Å². The van der Waals surface area contributed by atoms with Crippen LogP contribution in [-0.4, -0.2) is 18.1 Å². The number of aromatic nitrogens is 1. The van der Waals surface area contributed by atoms with Crippen molar-refractivity contribution in [2.75, 3.05) is 12.0 Å². The summed E-state index contributed by atoms with van der Waals surface area (Å²) >= 11 is 6.23.